The maximum atomic E-state index is 12.5. The minimum absolute atomic E-state index is 0.0294. The van der Waals surface area contributed by atoms with E-state index in [0.717, 1.165) is 57.5 Å². The zero-order chi connectivity index (χ0) is 19.8. The molecule has 0 unspecified atom stereocenters. The fourth-order valence-corrected chi connectivity index (χ4v) is 4.13. The fraction of sp³-hybridized carbons (Fsp3) is 0.261. The Morgan fingerprint density at radius 1 is 1.07 bits per heavy atom. The normalized spacial score (nSPS) is 17.3. The third kappa shape index (κ3) is 3.25. The number of hydrogen-bond donors (Lipinski definition) is 1. The number of amides is 1. The molecule has 2 heterocycles. The van der Waals surface area contributed by atoms with Gasteiger partial charge in [-0.2, -0.15) is 0 Å². The third-order valence-corrected chi connectivity index (χ3v) is 5.61. The Balaban J connectivity index is 1.48. The van der Waals surface area contributed by atoms with Crippen LogP contribution in [-0.4, -0.2) is 37.6 Å². The molecule has 0 bridgehead atoms. The molecular formula is C23H22N4O2. The van der Waals surface area contributed by atoms with Crippen molar-refractivity contribution < 1.29 is 9.53 Å². The Morgan fingerprint density at radius 3 is 2.59 bits per heavy atom. The molecule has 0 spiro atoms. The van der Waals surface area contributed by atoms with Crippen LogP contribution < -0.4 is 20.5 Å². The molecule has 0 radical (unpaired) electrons. The number of methoxy groups -OCH3 is 1. The van der Waals surface area contributed by atoms with E-state index in [-0.39, 0.29) is 5.91 Å². The molecule has 1 aliphatic carbocycles. The molecular weight excluding hydrogens is 364 g/mol. The molecule has 1 fully saturated rings. The second kappa shape index (κ2) is 7.29. The van der Waals surface area contributed by atoms with Crippen LogP contribution >= 0.6 is 0 Å². The highest BCUT2D eigenvalue weighted by Gasteiger charge is 2.24. The summed E-state index contributed by atoms with van der Waals surface area (Å²) < 4.78 is 5.24. The molecule has 2 aliphatic heterocycles. The molecule has 1 saturated heterocycles. The summed E-state index contributed by atoms with van der Waals surface area (Å²) in [6.45, 7) is 2.45. The van der Waals surface area contributed by atoms with Crippen molar-refractivity contribution in [2.45, 2.75) is 12.8 Å². The summed E-state index contributed by atoms with van der Waals surface area (Å²) >= 11 is 0. The second-order valence-electron chi connectivity index (χ2n) is 7.48. The lowest BCUT2D eigenvalue weighted by Gasteiger charge is -2.14. The number of nitrogens with zero attached hydrogens (tertiary/aromatic N) is 3. The van der Waals surface area contributed by atoms with Gasteiger partial charge in [0, 0.05) is 27.3 Å². The van der Waals surface area contributed by atoms with Crippen LogP contribution in [0.4, 0.5) is 5.69 Å². The first-order valence-electron chi connectivity index (χ1n) is 9.91. The Bertz CT molecular complexity index is 1160. The van der Waals surface area contributed by atoms with Gasteiger partial charge in [0.2, 0.25) is 5.91 Å². The maximum absolute atomic E-state index is 12.5. The predicted octanol–water partition coefficient (Wildman–Crippen LogP) is 2.51. The van der Waals surface area contributed by atoms with Gasteiger partial charge in [-0.1, -0.05) is 12.1 Å². The molecule has 0 atom stereocenters. The van der Waals surface area contributed by atoms with Crippen LogP contribution in [0, 0.1) is 0 Å². The summed E-state index contributed by atoms with van der Waals surface area (Å²) in [5.41, 5.74) is 4.51. The van der Waals surface area contributed by atoms with Gasteiger partial charge < -0.3 is 10.1 Å². The van der Waals surface area contributed by atoms with Crippen molar-refractivity contribution in [1.82, 2.24) is 4.90 Å². The summed E-state index contributed by atoms with van der Waals surface area (Å²) in [4.78, 5) is 14.7. The fourth-order valence-electron chi connectivity index (χ4n) is 4.13. The zero-order valence-electron chi connectivity index (χ0n) is 16.3. The Morgan fingerprint density at radius 2 is 1.83 bits per heavy atom. The molecule has 146 valence electrons. The van der Waals surface area contributed by atoms with Gasteiger partial charge in [-0.25, -0.2) is 0 Å². The molecule has 6 nitrogen and oxygen atoms in total. The topological polar surface area (TPSA) is 66.3 Å². The summed E-state index contributed by atoms with van der Waals surface area (Å²) in [7, 11) is 1.65. The molecule has 0 aromatic heterocycles. The lowest BCUT2D eigenvalue weighted by atomic mass is 10.1. The number of likely N-dealkylation sites (tertiary alicyclic amines) is 1. The van der Waals surface area contributed by atoms with Crippen molar-refractivity contribution in [2.24, 2.45) is 10.2 Å². The van der Waals surface area contributed by atoms with E-state index in [2.05, 4.69) is 26.5 Å². The van der Waals surface area contributed by atoms with Crippen LogP contribution in [0.15, 0.2) is 58.3 Å². The van der Waals surface area contributed by atoms with Gasteiger partial charge in [-0.15, -0.1) is 10.2 Å². The van der Waals surface area contributed by atoms with Gasteiger partial charge in [0.15, 0.2) is 0 Å². The van der Waals surface area contributed by atoms with E-state index >= 15 is 0 Å². The largest absolute Gasteiger partial charge is 0.497 e. The monoisotopic (exact) mass is 386 g/mol. The predicted molar refractivity (Wildman–Crippen MR) is 113 cm³/mol. The number of hydrogen-bond acceptors (Lipinski definition) is 5. The molecule has 29 heavy (non-hydrogen) atoms. The maximum Gasteiger partial charge on any atom is 0.238 e. The Hall–Kier alpha value is -3.25. The van der Waals surface area contributed by atoms with Crippen molar-refractivity contribution in [1.29, 1.82) is 0 Å². The first-order valence-corrected chi connectivity index (χ1v) is 9.91. The van der Waals surface area contributed by atoms with E-state index in [9.17, 15) is 4.79 Å². The van der Waals surface area contributed by atoms with Gasteiger partial charge in [-0.3, -0.25) is 9.69 Å². The van der Waals surface area contributed by atoms with E-state index in [0.29, 0.717) is 6.54 Å². The Labute approximate surface area is 168 Å². The second-order valence-corrected chi connectivity index (χ2v) is 7.48. The summed E-state index contributed by atoms with van der Waals surface area (Å²) in [5.74, 6) is 0.835. The van der Waals surface area contributed by atoms with E-state index in [4.69, 9.17) is 4.74 Å². The van der Waals surface area contributed by atoms with Crippen LogP contribution in [0.1, 0.15) is 18.4 Å². The molecule has 0 saturated carbocycles. The van der Waals surface area contributed by atoms with Crippen LogP contribution in [0.5, 0.6) is 5.75 Å². The molecule has 6 heteroatoms. The van der Waals surface area contributed by atoms with Gasteiger partial charge in [-0.05, 0) is 62.3 Å². The number of carbonyl (C=O) groups excluding carboxylic acids is 1. The van der Waals surface area contributed by atoms with Gasteiger partial charge in [0.05, 0.1) is 13.7 Å². The van der Waals surface area contributed by atoms with Crippen molar-refractivity contribution in [2.75, 3.05) is 32.1 Å². The number of nitrogens with one attached hydrogen (secondary N) is 1. The van der Waals surface area contributed by atoms with E-state index in [1.165, 1.54) is 12.8 Å². The first-order chi connectivity index (χ1) is 14.2. The highest BCUT2D eigenvalue weighted by Crippen LogP contribution is 2.35. The molecule has 1 amide bonds. The number of carbonyl (C=O) groups is 1. The SMILES string of the molecule is COc1ccc(C2=C3C=c4c(NC(=O)CN5CCCC5)cccc4=C3N=N2)cc1. The number of rotatable bonds is 5. The zero-order valence-corrected chi connectivity index (χ0v) is 16.3. The van der Waals surface area contributed by atoms with Crippen molar-refractivity contribution in [3.8, 4) is 5.75 Å². The molecule has 5 rings (SSSR count). The number of ether oxygens (including phenoxy) is 1. The summed E-state index contributed by atoms with van der Waals surface area (Å²) in [6.07, 6.45) is 4.43. The number of anilines is 1. The molecule has 2 aromatic rings. The number of fused-ring (bicyclic) bond motifs is 2. The minimum atomic E-state index is 0.0294. The van der Waals surface area contributed by atoms with Crippen molar-refractivity contribution >= 4 is 29.1 Å². The highest BCUT2D eigenvalue weighted by atomic mass is 16.5. The average molecular weight is 386 g/mol. The minimum Gasteiger partial charge on any atom is -0.497 e. The number of benzene rings is 2. The van der Waals surface area contributed by atoms with Gasteiger partial charge in [0.1, 0.15) is 17.1 Å². The van der Waals surface area contributed by atoms with Crippen LogP contribution in [0.2, 0.25) is 0 Å². The van der Waals surface area contributed by atoms with Crippen molar-refractivity contribution in [3.05, 3.63) is 64.0 Å². The van der Waals surface area contributed by atoms with E-state index < -0.39 is 0 Å². The smallest absolute Gasteiger partial charge is 0.238 e. The summed E-state index contributed by atoms with van der Waals surface area (Å²) in [6, 6.07) is 13.7. The molecule has 2 aromatic carbocycles. The molecule has 1 N–H and O–H groups in total. The van der Waals surface area contributed by atoms with Crippen molar-refractivity contribution in [3.63, 3.8) is 0 Å². The standard InChI is InChI=1S/C23H22N4O2/c1-29-16-9-7-15(8-10-16)22-19-13-18-17(23(19)26-25-22)5-4-6-20(18)24-21(28)14-27-11-2-3-12-27/h4-10,13H,2-3,11-12,14H2,1H3,(H,24,28). The lowest BCUT2D eigenvalue weighted by Crippen LogP contribution is -2.34. The van der Waals surface area contributed by atoms with Gasteiger partial charge >= 0.3 is 0 Å². The highest BCUT2D eigenvalue weighted by molar-refractivity contribution is 5.98. The van der Waals surface area contributed by atoms with Gasteiger partial charge in [0.25, 0.3) is 0 Å². The van der Waals surface area contributed by atoms with E-state index in [1.54, 1.807) is 7.11 Å². The van der Waals surface area contributed by atoms with Crippen LogP contribution in [0.25, 0.3) is 17.5 Å². The van der Waals surface area contributed by atoms with Crippen LogP contribution in [0.3, 0.4) is 0 Å². The summed E-state index contributed by atoms with van der Waals surface area (Å²) in [5, 5.41) is 13.9. The molecule has 3 aliphatic rings. The van der Waals surface area contributed by atoms with Crippen LogP contribution in [-0.2, 0) is 4.79 Å². The van der Waals surface area contributed by atoms with E-state index in [1.807, 2.05) is 42.5 Å². The number of azo groups is 1. The Kier molecular flexibility index (Phi) is 4.48. The third-order valence-electron chi connectivity index (χ3n) is 5.61. The average Bonchev–Trinajstić information content (AvgIpc) is 3.46. The lowest BCUT2D eigenvalue weighted by molar-refractivity contribution is -0.117. The quantitative estimate of drug-likeness (QED) is 0.859. The first kappa shape index (κ1) is 17.8.